The molecule has 5 nitrogen and oxygen atoms in total. The molecule has 1 heterocycles. The van der Waals surface area contributed by atoms with Gasteiger partial charge in [0.25, 0.3) is 0 Å². The minimum Gasteiger partial charge on any atom is -0.381 e. The predicted molar refractivity (Wildman–Crippen MR) is 75.2 cm³/mol. The van der Waals surface area contributed by atoms with Gasteiger partial charge in [-0.25, -0.2) is 13.1 Å². The van der Waals surface area contributed by atoms with E-state index in [1.165, 1.54) is 0 Å². The van der Waals surface area contributed by atoms with Crippen LogP contribution in [0.5, 0.6) is 0 Å². The number of sulfonamides is 1. The van der Waals surface area contributed by atoms with Crippen molar-refractivity contribution in [2.24, 2.45) is 5.41 Å². The molecule has 0 aromatic carbocycles. The average molecular weight is 290 g/mol. The second-order valence-electron chi connectivity index (χ2n) is 6.06. The van der Waals surface area contributed by atoms with E-state index < -0.39 is 10.0 Å². The summed E-state index contributed by atoms with van der Waals surface area (Å²) in [6, 6.07) is 0.131. The number of likely N-dealkylation sites (tertiary alicyclic amines) is 1. The second-order valence-corrected chi connectivity index (χ2v) is 8.10. The molecule has 19 heavy (non-hydrogen) atoms. The van der Waals surface area contributed by atoms with Crippen molar-refractivity contribution < 1.29 is 13.5 Å². The van der Waals surface area contributed by atoms with Crippen molar-refractivity contribution in [3.63, 3.8) is 0 Å². The Morgan fingerprint density at radius 1 is 1.21 bits per heavy atom. The summed E-state index contributed by atoms with van der Waals surface area (Å²) in [5, 5.41) is 9.12. The van der Waals surface area contributed by atoms with Gasteiger partial charge in [-0.2, -0.15) is 0 Å². The first-order valence-corrected chi connectivity index (χ1v) is 8.97. The molecule has 6 heteroatoms. The molecule has 0 bridgehead atoms. The van der Waals surface area contributed by atoms with Crippen LogP contribution in [-0.2, 0) is 10.0 Å². The second kappa shape index (κ2) is 6.08. The first-order valence-electron chi connectivity index (χ1n) is 7.32. The molecule has 2 rings (SSSR count). The third kappa shape index (κ3) is 3.90. The fourth-order valence-corrected chi connectivity index (χ4v) is 4.26. The molecule has 1 aliphatic heterocycles. The molecule has 2 N–H and O–H groups in total. The number of hydrogen-bond acceptors (Lipinski definition) is 4. The molecule has 112 valence electrons. The van der Waals surface area contributed by atoms with E-state index >= 15 is 0 Å². The van der Waals surface area contributed by atoms with Crippen molar-refractivity contribution in [2.75, 3.05) is 25.6 Å². The standard InChI is InChI=1S/C13H26N2O3S/c1-2-19(17,18)14-12-3-5-13(6-4-12)7-9-15(11-16)10-8-13/h12,14,16H,2-11H2,1H3. The number of rotatable bonds is 4. The lowest BCUT2D eigenvalue weighted by atomic mass is 9.67. The molecular weight excluding hydrogens is 264 g/mol. The van der Waals surface area contributed by atoms with Gasteiger partial charge < -0.3 is 5.11 Å². The van der Waals surface area contributed by atoms with Crippen LogP contribution < -0.4 is 4.72 Å². The maximum Gasteiger partial charge on any atom is 0.211 e. The van der Waals surface area contributed by atoms with Gasteiger partial charge in [-0.1, -0.05) is 0 Å². The minimum atomic E-state index is -3.07. The van der Waals surface area contributed by atoms with Gasteiger partial charge in [0, 0.05) is 19.1 Å². The molecule has 1 saturated heterocycles. The molecule has 1 aliphatic carbocycles. The van der Waals surface area contributed by atoms with Crippen LogP contribution in [0, 0.1) is 5.41 Å². The van der Waals surface area contributed by atoms with E-state index in [1.54, 1.807) is 6.92 Å². The van der Waals surface area contributed by atoms with Crippen LogP contribution in [-0.4, -0.2) is 50.0 Å². The van der Waals surface area contributed by atoms with E-state index in [-0.39, 0.29) is 18.5 Å². The zero-order valence-electron chi connectivity index (χ0n) is 11.8. The van der Waals surface area contributed by atoms with E-state index in [1.807, 2.05) is 0 Å². The first-order chi connectivity index (χ1) is 8.99. The molecule has 2 aliphatic rings. The predicted octanol–water partition coefficient (Wildman–Crippen LogP) is 0.900. The Hall–Kier alpha value is -0.170. The summed E-state index contributed by atoms with van der Waals surface area (Å²) in [6.45, 7) is 3.79. The van der Waals surface area contributed by atoms with E-state index in [0.29, 0.717) is 5.41 Å². The fourth-order valence-electron chi connectivity index (χ4n) is 3.35. The molecule has 0 aromatic rings. The Labute approximate surface area is 116 Å². The molecule has 1 saturated carbocycles. The highest BCUT2D eigenvalue weighted by molar-refractivity contribution is 7.89. The van der Waals surface area contributed by atoms with Gasteiger partial charge in [0.05, 0.1) is 12.5 Å². The van der Waals surface area contributed by atoms with E-state index in [4.69, 9.17) is 5.11 Å². The number of nitrogens with one attached hydrogen (secondary N) is 1. The molecule has 0 atom stereocenters. The third-order valence-corrected chi connectivity index (χ3v) is 6.34. The van der Waals surface area contributed by atoms with Gasteiger partial charge in [0.15, 0.2) is 0 Å². The monoisotopic (exact) mass is 290 g/mol. The summed E-state index contributed by atoms with van der Waals surface area (Å²) in [7, 11) is -3.07. The number of piperidine rings is 1. The van der Waals surface area contributed by atoms with Crippen LogP contribution in [0.4, 0.5) is 0 Å². The van der Waals surface area contributed by atoms with Gasteiger partial charge in [-0.15, -0.1) is 0 Å². The normalized spacial score (nSPS) is 25.8. The van der Waals surface area contributed by atoms with Crippen LogP contribution in [0.15, 0.2) is 0 Å². The van der Waals surface area contributed by atoms with Crippen LogP contribution in [0.25, 0.3) is 0 Å². The van der Waals surface area contributed by atoms with Crippen molar-refractivity contribution in [1.29, 1.82) is 0 Å². The van der Waals surface area contributed by atoms with Crippen LogP contribution in [0.3, 0.4) is 0 Å². The summed E-state index contributed by atoms with van der Waals surface area (Å²) in [4.78, 5) is 2.08. The minimum absolute atomic E-state index is 0.131. The Morgan fingerprint density at radius 3 is 2.26 bits per heavy atom. The summed E-state index contributed by atoms with van der Waals surface area (Å²) in [5.41, 5.74) is 0.403. The number of aliphatic hydroxyl groups excluding tert-OH is 1. The molecule has 1 spiro atoms. The highest BCUT2D eigenvalue weighted by Gasteiger charge is 2.38. The molecule has 0 unspecified atom stereocenters. The topological polar surface area (TPSA) is 69.6 Å². The smallest absolute Gasteiger partial charge is 0.211 e. The van der Waals surface area contributed by atoms with Gasteiger partial charge in [0.2, 0.25) is 10.0 Å². The highest BCUT2D eigenvalue weighted by atomic mass is 32.2. The molecule has 2 fully saturated rings. The third-order valence-electron chi connectivity index (χ3n) is 4.89. The van der Waals surface area contributed by atoms with Crippen LogP contribution >= 0.6 is 0 Å². The van der Waals surface area contributed by atoms with Gasteiger partial charge in [0.1, 0.15) is 0 Å². The van der Waals surface area contributed by atoms with Crippen LogP contribution in [0.1, 0.15) is 45.4 Å². The highest BCUT2D eigenvalue weighted by Crippen LogP contribution is 2.44. The Balaban J connectivity index is 1.83. The van der Waals surface area contributed by atoms with E-state index in [2.05, 4.69) is 9.62 Å². The largest absolute Gasteiger partial charge is 0.381 e. The number of aliphatic hydroxyl groups is 1. The summed E-state index contributed by atoms with van der Waals surface area (Å²) < 4.78 is 26.0. The summed E-state index contributed by atoms with van der Waals surface area (Å²) in [5.74, 6) is 0.167. The zero-order valence-corrected chi connectivity index (χ0v) is 12.6. The summed E-state index contributed by atoms with van der Waals surface area (Å²) >= 11 is 0. The lowest BCUT2D eigenvalue weighted by Crippen LogP contribution is -2.46. The molecule has 0 aromatic heterocycles. The van der Waals surface area contributed by atoms with Crippen molar-refractivity contribution >= 4 is 10.0 Å². The fraction of sp³-hybridized carbons (Fsp3) is 1.00. The van der Waals surface area contributed by atoms with Crippen molar-refractivity contribution in [2.45, 2.75) is 51.5 Å². The van der Waals surface area contributed by atoms with Crippen molar-refractivity contribution in [1.82, 2.24) is 9.62 Å². The zero-order chi connectivity index (χ0) is 13.9. The van der Waals surface area contributed by atoms with E-state index in [0.717, 1.165) is 51.6 Å². The maximum atomic E-state index is 11.6. The van der Waals surface area contributed by atoms with Crippen molar-refractivity contribution in [3.8, 4) is 0 Å². The Kier molecular flexibility index (Phi) is 4.87. The average Bonchev–Trinajstić information content (AvgIpc) is 2.42. The number of hydrogen-bond donors (Lipinski definition) is 2. The first kappa shape index (κ1) is 15.2. The van der Waals surface area contributed by atoms with Gasteiger partial charge >= 0.3 is 0 Å². The lowest BCUT2D eigenvalue weighted by Gasteiger charge is -2.45. The summed E-state index contributed by atoms with van der Waals surface area (Å²) in [6.07, 6.45) is 6.42. The Morgan fingerprint density at radius 2 is 1.79 bits per heavy atom. The molecule has 0 radical (unpaired) electrons. The van der Waals surface area contributed by atoms with Crippen molar-refractivity contribution in [3.05, 3.63) is 0 Å². The van der Waals surface area contributed by atoms with Crippen LogP contribution in [0.2, 0.25) is 0 Å². The Bertz CT molecular complexity index is 379. The maximum absolute atomic E-state index is 11.6. The van der Waals surface area contributed by atoms with Gasteiger partial charge in [-0.05, 0) is 50.9 Å². The molecule has 0 amide bonds. The van der Waals surface area contributed by atoms with Gasteiger partial charge in [-0.3, -0.25) is 4.90 Å². The SMILES string of the molecule is CCS(=O)(=O)NC1CCC2(CC1)CCN(CO)CC2. The van der Waals surface area contributed by atoms with E-state index in [9.17, 15) is 8.42 Å². The molecular formula is C13H26N2O3S. The lowest BCUT2D eigenvalue weighted by molar-refractivity contribution is 0.0173. The number of nitrogens with zero attached hydrogens (tertiary/aromatic N) is 1. The quantitative estimate of drug-likeness (QED) is 0.807.